The smallest absolute Gasteiger partial charge is 0.264 e. The highest BCUT2D eigenvalue weighted by atomic mass is 35.5. The van der Waals surface area contributed by atoms with Crippen molar-refractivity contribution >= 4 is 33.2 Å². The van der Waals surface area contributed by atoms with Gasteiger partial charge in [-0.15, -0.1) is 0 Å². The summed E-state index contributed by atoms with van der Waals surface area (Å²) in [4.78, 5) is 12.9. The fourth-order valence-electron chi connectivity index (χ4n) is 3.89. The average Bonchev–Trinajstić information content (AvgIpc) is 3.14. The number of rotatable bonds is 6. The first-order chi connectivity index (χ1) is 15.3. The van der Waals surface area contributed by atoms with Crippen molar-refractivity contribution in [3.05, 3.63) is 88.4 Å². The summed E-state index contributed by atoms with van der Waals surface area (Å²) >= 11 is 6.15. The molecule has 0 spiro atoms. The zero-order valence-electron chi connectivity index (χ0n) is 17.7. The van der Waals surface area contributed by atoms with Gasteiger partial charge in [0.25, 0.3) is 15.9 Å². The maximum atomic E-state index is 13.3. The summed E-state index contributed by atoms with van der Waals surface area (Å²) in [5, 5.41) is 3.46. The number of carbonyl (C=O) groups is 1. The molecule has 0 aromatic heterocycles. The molecule has 1 heterocycles. The third-order valence-electron chi connectivity index (χ3n) is 5.51. The summed E-state index contributed by atoms with van der Waals surface area (Å²) in [7, 11) is -2.22. The number of sulfonamides is 1. The monoisotopic (exact) mass is 470 g/mol. The van der Waals surface area contributed by atoms with E-state index in [4.69, 9.17) is 16.3 Å². The number of methoxy groups -OCH3 is 1. The Hall–Kier alpha value is -3.03. The average molecular weight is 471 g/mol. The summed E-state index contributed by atoms with van der Waals surface area (Å²) in [6, 6.07) is 18.5. The lowest BCUT2D eigenvalue weighted by atomic mass is 10.1. The Morgan fingerprint density at radius 1 is 1.12 bits per heavy atom. The van der Waals surface area contributed by atoms with Crippen molar-refractivity contribution in [3.63, 3.8) is 0 Å². The maximum absolute atomic E-state index is 13.3. The van der Waals surface area contributed by atoms with E-state index in [0.717, 1.165) is 11.1 Å². The second kappa shape index (κ2) is 8.84. The molecule has 1 N–H and O–H groups in total. The Kier molecular flexibility index (Phi) is 6.13. The summed E-state index contributed by atoms with van der Waals surface area (Å²) in [6.07, 6.45) is 0.524. The molecule has 3 aromatic carbocycles. The van der Waals surface area contributed by atoms with Gasteiger partial charge in [-0.05, 0) is 73.0 Å². The third-order valence-corrected chi connectivity index (χ3v) is 7.82. The minimum atomic E-state index is -3.75. The number of ether oxygens (including phenoxy) is 1. The SMILES string of the molecule is COc1ccc(S(=O)(=O)N2c3ccc(C(=O)NCc4ccccc4Cl)cc3CC2C)cc1. The van der Waals surface area contributed by atoms with Gasteiger partial charge in [-0.2, -0.15) is 0 Å². The summed E-state index contributed by atoms with van der Waals surface area (Å²) in [6.45, 7) is 2.17. The lowest BCUT2D eigenvalue weighted by Gasteiger charge is -2.24. The largest absolute Gasteiger partial charge is 0.497 e. The van der Waals surface area contributed by atoms with Gasteiger partial charge in [0.05, 0.1) is 17.7 Å². The van der Waals surface area contributed by atoms with Crippen LogP contribution in [0.4, 0.5) is 5.69 Å². The highest BCUT2D eigenvalue weighted by Gasteiger charge is 2.36. The minimum Gasteiger partial charge on any atom is -0.497 e. The molecule has 0 aliphatic carbocycles. The van der Waals surface area contributed by atoms with Crippen molar-refractivity contribution in [1.29, 1.82) is 0 Å². The molecule has 3 aromatic rings. The first-order valence-electron chi connectivity index (χ1n) is 10.1. The number of amides is 1. The molecule has 0 radical (unpaired) electrons. The molecule has 8 heteroatoms. The zero-order chi connectivity index (χ0) is 22.9. The predicted octanol–water partition coefficient (Wildman–Crippen LogP) is 4.42. The molecule has 6 nitrogen and oxygen atoms in total. The van der Waals surface area contributed by atoms with Gasteiger partial charge < -0.3 is 10.1 Å². The van der Waals surface area contributed by atoms with Gasteiger partial charge in [-0.25, -0.2) is 8.42 Å². The molecule has 166 valence electrons. The molecule has 4 rings (SSSR count). The first-order valence-corrected chi connectivity index (χ1v) is 12.0. The Morgan fingerprint density at radius 2 is 1.84 bits per heavy atom. The van der Waals surface area contributed by atoms with Crippen LogP contribution in [0.3, 0.4) is 0 Å². The van der Waals surface area contributed by atoms with Crippen LogP contribution in [0.1, 0.15) is 28.4 Å². The van der Waals surface area contributed by atoms with Crippen LogP contribution in [0.5, 0.6) is 5.75 Å². The number of carbonyl (C=O) groups excluding carboxylic acids is 1. The van der Waals surface area contributed by atoms with E-state index in [9.17, 15) is 13.2 Å². The van der Waals surface area contributed by atoms with Crippen LogP contribution in [0, 0.1) is 0 Å². The van der Waals surface area contributed by atoms with E-state index < -0.39 is 10.0 Å². The highest BCUT2D eigenvalue weighted by molar-refractivity contribution is 7.92. The molecular formula is C24H23ClN2O4S. The summed E-state index contributed by atoms with van der Waals surface area (Å²) in [5.41, 5.74) is 2.72. The molecule has 0 saturated carbocycles. The van der Waals surface area contributed by atoms with Crippen LogP contribution in [0.25, 0.3) is 0 Å². The van der Waals surface area contributed by atoms with E-state index >= 15 is 0 Å². The molecule has 0 fully saturated rings. The molecule has 1 atom stereocenters. The maximum Gasteiger partial charge on any atom is 0.264 e. The third kappa shape index (κ3) is 4.18. The van der Waals surface area contributed by atoms with E-state index in [1.54, 1.807) is 36.4 Å². The topological polar surface area (TPSA) is 75.7 Å². The number of benzene rings is 3. The Labute approximate surface area is 192 Å². The normalized spacial score (nSPS) is 15.3. The van der Waals surface area contributed by atoms with Crippen LogP contribution >= 0.6 is 11.6 Å². The Morgan fingerprint density at radius 3 is 2.53 bits per heavy atom. The van der Waals surface area contributed by atoms with Gasteiger partial charge >= 0.3 is 0 Å². The number of hydrogen-bond donors (Lipinski definition) is 1. The van der Waals surface area contributed by atoms with Crippen molar-refractivity contribution in [1.82, 2.24) is 5.32 Å². The van der Waals surface area contributed by atoms with Gasteiger partial charge in [0.2, 0.25) is 0 Å². The standard InChI is InChI=1S/C24H23ClN2O4S/c1-16-13-19-14-17(24(28)26-15-18-5-3-4-6-22(18)25)7-12-23(19)27(16)32(29,30)21-10-8-20(31-2)9-11-21/h3-12,14,16H,13,15H2,1-2H3,(H,26,28). The van der Waals surface area contributed by atoms with Crippen LogP contribution in [-0.4, -0.2) is 27.5 Å². The number of nitrogens with zero attached hydrogens (tertiary/aromatic N) is 1. The highest BCUT2D eigenvalue weighted by Crippen LogP contribution is 2.37. The van der Waals surface area contributed by atoms with Crippen molar-refractivity contribution in [2.75, 3.05) is 11.4 Å². The molecule has 1 amide bonds. The molecule has 32 heavy (non-hydrogen) atoms. The molecule has 0 bridgehead atoms. The zero-order valence-corrected chi connectivity index (χ0v) is 19.3. The molecule has 1 aliphatic rings. The van der Waals surface area contributed by atoms with Crippen molar-refractivity contribution < 1.29 is 17.9 Å². The second-order valence-corrected chi connectivity index (χ2v) is 9.87. The van der Waals surface area contributed by atoms with Gasteiger partial charge in [-0.1, -0.05) is 29.8 Å². The first kappa shape index (κ1) is 22.2. The quantitative estimate of drug-likeness (QED) is 0.578. The summed E-state index contributed by atoms with van der Waals surface area (Å²) in [5.74, 6) is 0.350. The Bertz CT molecular complexity index is 1260. The van der Waals surface area contributed by atoms with Crippen LogP contribution < -0.4 is 14.4 Å². The number of hydrogen-bond acceptors (Lipinski definition) is 4. The van der Waals surface area contributed by atoms with E-state index in [-0.39, 0.29) is 16.8 Å². The van der Waals surface area contributed by atoms with E-state index in [1.807, 2.05) is 25.1 Å². The van der Waals surface area contributed by atoms with Crippen LogP contribution in [0.15, 0.2) is 71.6 Å². The van der Waals surface area contributed by atoms with Gasteiger partial charge in [-0.3, -0.25) is 9.10 Å². The Balaban J connectivity index is 1.56. The lowest BCUT2D eigenvalue weighted by molar-refractivity contribution is 0.0951. The molecule has 1 unspecified atom stereocenters. The van der Waals surface area contributed by atoms with E-state index in [1.165, 1.54) is 23.5 Å². The second-order valence-electron chi connectivity index (χ2n) is 7.65. The van der Waals surface area contributed by atoms with Crippen LogP contribution in [-0.2, 0) is 23.0 Å². The molecule has 0 saturated heterocycles. The summed E-state index contributed by atoms with van der Waals surface area (Å²) < 4.78 is 33.2. The fraction of sp³-hybridized carbons (Fsp3) is 0.208. The molecule has 1 aliphatic heterocycles. The van der Waals surface area contributed by atoms with E-state index in [0.29, 0.717) is 35.0 Å². The van der Waals surface area contributed by atoms with Gasteiger partial charge in [0, 0.05) is 23.2 Å². The fourth-order valence-corrected chi connectivity index (χ4v) is 5.79. The predicted molar refractivity (Wildman–Crippen MR) is 125 cm³/mol. The lowest BCUT2D eigenvalue weighted by Crippen LogP contribution is -2.35. The van der Waals surface area contributed by atoms with Crippen molar-refractivity contribution in [2.24, 2.45) is 0 Å². The number of anilines is 1. The van der Waals surface area contributed by atoms with Gasteiger partial charge in [0.15, 0.2) is 0 Å². The molecular weight excluding hydrogens is 448 g/mol. The number of halogens is 1. The van der Waals surface area contributed by atoms with Crippen molar-refractivity contribution in [3.8, 4) is 5.75 Å². The minimum absolute atomic E-state index is 0.194. The van der Waals surface area contributed by atoms with Gasteiger partial charge in [0.1, 0.15) is 5.75 Å². The van der Waals surface area contributed by atoms with Crippen molar-refractivity contribution in [2.45, 2.75) is 30.8 Å². The number of nitrogens with one attached hydrogen (secondary N) is 1. The van der Waals surface area contributed by atoms with Crippen LogP contribution in [0.2, 0.25) is 5.02 Å². The van der Waals surface area contributed by atoms with E-state index in [2.05, 4.69) is 5.32 Å². The number of fused-ring (bicyclic) bond motifs is 1.